The summed E-state index contributed by atoms with van der Waals surface area (Å²) in [6, 6.07) is 5.93. The van der Waals surface area contributed by atoms with Crippen LogP contribution in [0.2, 0.25) is 0 Å². The Morgan fingerprint density at radius 3 is 2.78 bits per heavy atom. The van der Waals surface area contributed by atoms with Gasteiger partial charge >= 0.3 is 5.97 Å². The lowest BCUT2D eigenvalue weighted by molar-refractivity contribution is 0.0687. The Labute approximate surface area is 103 Å². The summed E-state index contributed by atoms with van der Waals surface area (Å²) in [6.45, 7) is 0. The lowest BCUT2D eigenvalue weighted by Gasteiger charge is -2.04. The molecule has 5 nitrogen and oxygen atoms in total. The fraction of sp³-hybridized carbons (Fsp3) is 0.231. The van der Waals surface area contributed by atoms with Gasteiger partial charge in [0.25, 0.3) is 0 Å². The van der Waals surface area contributed by atoms with Crippen LogP contribution in [0.4, 0.5) is 0 Å². The molecule has 1 aliphatic rings. The van der Waals surface area contributed by atoms with Crippen LogP contribution in [-0.2, 0) is 12.8 Å². The lowest BCUT2D eigenvalue weighted by Crippen LogP contribution is -2.01. The Morgan fingerprint density at radius 1 is 1.28 bits per heavy atom. The van der Waals surface area contributed by atoms with E-state index in [2.05, 4.69) is 5.10 Å². The molecule has 0 bridgehead atoms. The molecular weight excluding hydrogens is 232 g/mol. The lowest BCUT2D eigenvalue weighted by atomic mass is 10.1. The fourth-order valence-electron chi connectivity index (χ4n) is 2.35. The minimum atomic E-state index is -1.23. The molecule has 0 aliphatic heterocycles. The number of carboxylic acid groups (broad SMARTS) is 1. The van der Waals surface area contributed by atoms with Gasteiger partial charge in [-0.3, -0.25) is 0 Å². The first kappa shape index (κ1) is 10.8. The van der Waals surface area contributed by atoms with Crippen molar-refractivity contribution in [1.82, 2.24) is 9.78 Å². The van der Waals surface area contributed by atoms with Crippen LogP contribution >= 0.6 is 0 Å². The maximum absolute atomic E-state index is 10.8. The van der Waals surface area contributed by atoms with Gasteiger partial charge in [0.1, 0.15) is 0 Å². The number of nitrogens with zero attached hydrogens (tertiary/aromatic N) is 2. The summed E-state index contributed by atoms with van der Waals surface area (Å²) in [6.07, 6.45) is 4.62. The highest BCUT2D eigenvalue weighted by atomic mass is 16.4. The van der Waals surface area contributed by atoms with Crippen molar-refractivity contribution in [3.05, 3.63) is 41.2 Å². The zero-order valence-corrected chi connectivity index (χ0v) is 9.63. The third-order valence-electron chi connectivity index (χ3n) is 3.24. The summed E-state index contributed by atoms with van der Waals surface area (Å²) in [5.74, 6) is -1.55. The highest BCUT2D eigenvalue weighted by Crippen LogP contribution is 2.25. The van der Waals surface area contributed by atoms with Crippen LogP contribution in [0, 0.1) is 0 Å². The van der Waals surface area contributed by atoms with E-state index in [1.165, 1.54) is 22.0 Å². The predicted octanol–water partition coefficient (Wildman–Crippen LogP) is 1.76. The van der Waals surface area contributed by atoms with E-state index < -0.39 is 5.97 Å². The standard InChI is InChI=1S/C13H12N2O3/c16-11-7-15(14-12(11)13(17)18)10-5-4-8-2-1-3-9(8)6-10/h4-7,16H,1-3H2,(H,17,18). The number of benzene rings is 1. The summed E-state index contributed by atoms with van der Waals surface area (Å²) in [5.41, 5.74) is 3.07. The number of hydrogen-bond donors (Lipinski definition) is 2. The second-order valence-electron chi connectivity index (χ2n) is 4.42. The van der Waals surface area contributed by atoms with Crippen molar-refractivity contribution < 1.29 is 15.0 Å². The molecular formula is C13H12N2O3. The average Bonchev–Trinajstić information content (AvgIpc) is 2.93. The van der Waals surface area contributed by atoms with Crippen molar-refractivity contribution in [2.45, 2.75) is 19.3 Å². The van der Waals surface area contributed by atoms with Gasteiger partial charge < -0.3 is 10.2 Å². The number of carboxylic acids is 1. The second-order valence-corrected chi connectivity index (χ2v) is 4.42. The van der Waals surface area contributed by atoms with Crippen molar-refractivity contribution in [1.29, 1.82) is 0 Å². The molecule has 0 saturated heterocycles. The molecule has 0 amide bonds. The number of aromatic carboxylic acids is 1. The Morgan fingerprint density at radius 2 is 2.06 bits per heavy atom. The second kappa shape index (κ2) is 3.87. The topological polar surface area (TPSA) is 75.3 Å². The Balaban J connectivity index is 2.05. The van der Waals surface area contributed by atoms with Crippen LogP contribution in [0.3, 0.4) is 0 Å². The van der Waals surface area contributed by atoms with Gasteiger partial charge in [0, 0.05) is 0 Å². The third-order valence-corrected chi connectivity index (χ3v) is 3.24. The molecule has 1 aromatic carbocycles. The number of aromatic hydroxyl groups is 1. The third kappa shape index (κ3) is 1.64. The first-order valence-electron chi connectivity index (χ1n) is 5.79. The van der Waals surface area contributed by atoms with E-state index in [1.807, 2.05) is 18.2 Å². The number of hydrogen-bond acceptors (Lipinski definition) is 3. The molecule has 3 rings (SSSR count). The summed E-state index contributed by atoms with van der Waals surface area (Å²) < 4.78 is 1.40. The Hall–Kier alpha value is -2.30. The van der Waals surface area contributed by atoms with Gasteiger partial charge in [0.15, 0.2) is 5.75 Å². The minimum Gasteiger partial charge on any atom is -0.504 e. The van der Waals surface area contributed by atoms with Crippen LogP contribution in [0.25, 0.3) is 5.69 Å². The van der Waals surface area contributed by atoms with E-state index in [0.29, 0.717) is 0 Å². The summed E-state index contributed by atoms with van der Waals surface area (Å²) in [5, 5.41) is 22.2. The van der Waals surface area contributed by atoms with E-state index in [4.69, 9.17) is 5.11 Å². The van der Waals surface area contributed by atoms with Crippen molar-refractivity contribution in [2.75, 3.05) is 0 Å². The normalized spacial score (nSPS) is 13.6. The van der Waals surface area contributed by atoms with Gasteiger partial charge in [-0.1, -0.05) is 6.07 Å². The Bertz CT molecular complexity index is 631. The van der Waals surface area contributed by atoms with E-state index in [1.54, 1.807) is 0 Å². The van der Waals surface area contributed by atoms with Crippen LogP contribution in [0.5, 0.6) is 5.75 Å². The number of rotatable bonds is 2. The molecule has 0 spiro atoms. The number of carbonyl (C=O) groups is 1. The molecule has 2 N–H and O–H groups in total. The molecule has 2 aromatic rings. The molecule has 0 radical (unpaired) electrons. The highest BCUT2D eigenvalue weighted by Gasteiger charge is 2.17. The van der Waals surface area contributed by atoms with E-state index in [9.17, 15) is 9.90 Å². The maximum atomic E-state index is 10.8. The van der Waals surface area contributed by atoms with Crippen molar-refractivity contribution in [2.24, 2.45) is 0 Å². The fourth-order valence-corrected chi connectivity index (χ4v) is 2.35. The van der Waals surface area contributed by atoms with Crippen molar-refractivity contribution in [3.63, 3.8) is 0 Å². The van der Waals surface area contributed by atoms with Gasteiger partial charge in [-0.05, 0) is 42.5 Å². The molecule has 0 fully saturated rings. The summed E-state index contributed by atoms with van der Waals surface area (Å²) in [7, 11) is 0. The molecule has 1 heterocycles. The molecule has 92 valence electrons. The molecule has 0 saturated carbocycles. The predicted molar refractivity (Wildman–Crippen MR) is 64.2 cm³/mol. The van der Waals surface area contributed by atoms with Crippen LogP contribution in [0.1, 0.15) is 28.0 Å². The zero-order valence-electron chi connectivity index (χ0n) is 9.63. The van der Waals surface area contributed by atoms with E-state index >= 15 is 0 Å². The molecule has 0 unspecified atom stereocenters. The number of aromatic nitrogens is 2. The van der Waals surface area contributed by atoms with Crippen LogP contribution < -0.4 is 0 Å². The first-order valence-corrected chi connectivity index (χ1v) is 5.79. The van der Waals surface area contributed by atoms with Gasteiger partial charge in [0.2, 0.25) is 5.69 Å². The summed E-state index contributed by atoms with van der Waals surface area (Å²) >= 11 is 0. The molecule has 1 aromatic heterocycles. The smallest absolute Gasteiger partial charge is 0.360 e. The van der Waals surface area contributed by atoms with Crippen LogP contribution in [-0.4, -0.2) is 26.0 Å². The summed E-state index contributed by atoms with van der Waals surface area (Å²) in [4.78, 5) is 10.8. The zero-order chi connectivity index (χ0) is 12.7. The van der Waals surface area contributed by atoms with Gasteiger partial charge in [0.05, 0.1) is 11.9 Å². The first-order chi connectivity index (χ1) is 8.65. The molecule has 1 aliphatic carbocycles. The number of fused-ring (bicyclic) bond motifs is 1. The molecule has 18 heavy (non-hydrogen) atoms. The highest BCUT2D eigenvalue weighted by molar-refractivity contribution is 5.88. The monoisotopic (exact) mass is 244 g/mol. The van der Waals surface area contributed by atoms with Gasteiger partial charge in [-0.2, -0.15) is 5.10 Å². The largest absolute Gasteiger partial charge is 0.504 e. The minimum absolute atomic E-state index is 0.317. The Kier molecular flexibility index (Phi) is 2.33. The molecule has 5 heteroatoms. The molecule has 0 atom stereocenters. The maximum Gasteiger partial charge on any atom is 0.360 e. The van der Waals surface area contributed by atoms with Crippen molar-refractivity contribution in [3.8, 4) is 11.4 Å². The SMILES string of the molecule is O=C(O)c1nn(-c2ccc3c(c2)CCC3)cc1O. The quantitative estimate of drug-likeness (QED) is 0.844. The van der Waals surface area contributed by atoms with Crippen LogP contribution in [0.15, 0.2) is 24.4 Å². The average molecular weight is 244 g/mol. The van der Waals surface area contributed by atoms with Gasteiger partial charge in [-0.15, -0.1) is 0 Å². The van der Waals surface area contributed by atoms with Crippen molar-refractivity contribution >= 4 is 5.97 Å². The van der Waals surface area contributed by atoms with E-state index in [0.717, 1.165) is 24.9 Å². The van der Waals surface area contributed by atoms with Gasteiger partial charge in [-0.25, -0.2) is 9.48 Å². The van der Waals surface area contributed by atoms with E-state index in [-0.39, 0.29) is 11.4 Å². The number of aryl methyl sites for hydroxylation is 2.